The molecule has 2 aromatic heterocycles. The molecule has 0 radical (unpaired) electrons. The number of hydrogen-bond acceptors (Lipinski definition) is 6. The van der Waals surface area contributed by atoms with Crippen molar-refractivity contribution in [2.24, 2.45) is 10.9 Å². The highest BCUT2D eigenvalue weighted by Gasteiger charge is 2.13. The Morgan fingerprint density at radius 2 is 1.95 bits per heavy atom. The zero-order valence-corrected chi connectivity index (χ0v) is 10.8. The Hall–Kier alpha value is -3.29. The van der Waals surface area contributed by atoms with Crippen molar-refractivity contribution >= 4 is 5.84 Å². The van der Waals surface area contributed by atoms with Gasteiger partial charge in [0.25, 0.3) is 0 Å². The number of tetrazole rings is 1. The number of hydrogen-bond donors (Lipinski definition) is 2. The van der Waals surface area contributed by atoms with Gasteiger partial charge >= 0.3 is 0 Å². The topological polar surface area (TPSA) is 115 Å². The number of oxime groups is 1. The quantitative estimate of drug-likeness (QED) is 0.318. The van der Waals surface area contributed by atoms with Crippen LogP contribution in [-0.2, 0) is 0 Å². The van der Waals surface area contributed by atoms with Gasteiger partial charge in [-0.25, -0.2) is 0 Å². The Morgan fingerprint density at radius 3 is 2.71 bits per heavy atom. The van der Waals surface area contributed by atoms with Gasteiger partial charge in [0.15, 0.2) is 5.84 Å². The summed E-state index contributed by atoms with van der Waals surface area (Å²) >= 11 is 0. The van der Waals surface area contributed by atoms with Crippen LogP contribution in [0, 0.1) is 0 Å². The Balaban J connectivity index is 2.05. The van der Waals surface area contributed by atoms with E-state index in [-0.39, 0.29) is 11.5 Å². The fourth-order valence-electron chi connectivity index (χ4n) is 1.82. The SMILES string of the molecule is N/C(=N/O)c1ncccc1-n1nnc(-c2ccccc2)n1. The molecule has 0 unspecified atom stereocenters. The monoisotopic (exact) mass is 281 g/mol. The lowest BCUT2D eigenvalue weighted by atomic mass is 10.2. The molecule has 21 heavy (non-hydrogen) atoms. The molecule has 0 spiro atoms. The molecule has 3 N–H and O–H groups in total. The standard InChI is InChI=1S/C13H11N7O/c14-12(18-21)11-10(7-4-8-15-11)20-17-13(16-19-20)9-5-2-1-3-6-9/h1-8,21H,(H2,14,18). The molecular formula is C13H11N7O. The van der Waals surface area contributed by atoms with Crippen LogP contribution in [0.4, 0.5) is 0 Å². The van der Waals surface area contributed by atoms with Crippen LogP contribution in [0.2, 0.25) is 0 Å². The van der Waals surface area contributed by atoms with Crippen molar-refractivity contribution in [3.8, 4) is 17.1 Å². The minimum absolute atomic E-state index is 0.121. The molecule has 0 saturated carbocycles. The molecule has 0 saturated heterocycles. The minimum atomic E-state index is -0.121. The van der Waals surface area contributed by atoms with E-state index in [9.17, 15) is 0 Å². The average Bonchev–Trinajstić information content (AvgIpc) is 3.05. The third-order valence-corrected chi connectivity index (χ3v) is 2.80. The summed E-state index contributed by atoms with van der Waals surface area (Å²) in [5, 5.41) is 24.0. The molecule has 0 aliphatic carbocycles. The molecule has 0 aliphatic rings. The van der Waals surface area contributed by atoms with Crippen molar-refractivity contribution in [2.45, 2.75) is 0 Å². The molecule has 0 fully saturated rings. The van der Waals surface area contributed by atoms with E-state index in [2.05, 4.69) is 25.6 Å². The smallest absolute Gasteiger partial charge is 0.205 e. The summed E-state index contributed by atoms with van der Waals surface area (Å²) in [6, 6.07) is 12.9. The van der Waals surface area contributed by atoms with Gasteiger partial charge < -0.3 is 10.9 Å². The number of aromatic nitrogens is 5. The number of nitrogens with two attached hydrogens (primary N) is 1. The van der Waals surface area contributed by atoms with Crippen LogP contribution in [-0.4, -0.2) is 36.2 Å². The maximum atomic E-state index is 8.80. The van der Waals surface area contributed by atoms with Gasteiger partial charge in [0, 0.05) is 11.8 Å². The Kier molecular flexibility index (Phi) is 3.26. The number of benzene rings is 1. The van der Waals surface area contributed by atoms with E-state index in [0.29, 0.717) is 11.5 Å². The number of rotatable bonds is 3. The van der Waals surface area contributed by atoms with E-state index < -0.39 is 0 Å². The fraction of sp³-hybridized carbons (Fsp3) is 0. The van der Waals surface area contributed by atoms with Gasteiger partial charge in [0.2, 0.25) is 5.82 Å². The Bertz CT molecular complexity index is 782. The first-order chi connectivity index (χ1) is 10.3. The van der Waals surface area contributed by atoms with Gasteiger partial charge in [-0.15, -0.1) is 15.0 Å². The van der Waals surface area contributed by atoms with E-state index >= 15 is 0 Å². The molecular weight excluding hydrogens is 270 g/mol. The van der Waals surface area contributed by atoms with Crippen molar-refractivity contribution in [1.29, 1.82) is 0 Å². The van der Waals surface area contributed by atoms with E-state index in [1.54, 1.807) is 12.1 Å². The third kappa shape index (κ3) is 2.41. The van der Waals surface area contributed by atoms with E-state index in [1.165, 1.54) is 11.0 Å². The van der Waals surface area contributed by atoms with Crippen molar-refractivity contribution in [3.63, 3.8) is 0 Å². The Morgan fingerprint density at radius 1 is 1.14 bits per heavy atom. The summed E-state index contributed by atoms with van der Waals surface area (Å²) in [7, 11) is 0. The van der Waals surface area contributed by atoms with Gasteiger partial charge in [-0.2, -0.15) is 0 Å². The van der Waals surface area contributed by atoms with Gasteiger partial charge in [0.1, 0.15) is 11.4 Å². The summed E-state index contributed by atoms with van der Waals surface area (Å²) in [4.78, 5) is 5.36. The zero-order chi connectivity index (χ0) is 14.7. The molecule has 0 bridgehead atoms. The summed E-state index contributed by atoms with van der Waals surface area (Å²) in [6.45, 7) is 0. The van der Waals surface area contributed by atoms with Crippen LogP contribution in [0.5, 0.6) is 0 Å². The first kappa shape index (κ1) is 12.7. The van der Waals surface area contributed by atoms with Crippen LogP contribution >= 0.6 is 0 Å². The first-order valence-corrected chi connectivity index (χ1v) is 6.08. The Labute approximate surface area is 119 Å². The van der Waals surface area contributed by atoms with Crippen LogP contribution in [0.25, 0.3) is 17.1 Å². The van der Waals surface area contributed by atoms with Gasteiger partial charge in [-0.05, 0) is 17.3 Å². The summed E-state index contributed by atoms with van der Waals surface area (Å²) < 4.78 is 0. The van der Waals surface area contributed by atoms with Crippen molar-refractivity contribution in [3.05, 3.63) is 54.4 Å². The molecule has 3 rings (SSSR count). The molecule has 0 atom stereocenters. The van der Waals surface area contributed by atoms with Crippen LogP contribution in [0.1, 0.15) is 5.69 Å². The lowest BCUT2D eigenvalue weighted by molar-refractivity contribution is 0.318. The summed E-state index contributed by atoms with van der Waals surface area (Å²) in [6.07, 6.45) is 1.53. The number of amidine groups is 1. The highest BCUT2D eigenvalue weighted by molar-refractivity contribution is 5.98. The predicted molar refractivity (Wildman–Crippen MR) is 74.9 cm³/mol. The molecule has 8 nitrogen and oxygen atoms in total. The molecule has 0 amide bonds. The second kappa shape index (κ2) is 5.37. The lowest BCUT2D eigenvalue weighted by Crippen LogP contribution is -2.19. The lowest BCUT2D eigenvalue weighted by Gasteiger charge is -2.04. The predicted octanol–water partition coefficient (Wildman–Crippen LogP) is 0.819. The second-order valence-corrected chi connectivity index (χ2v) is 4.12. The van der Waals surface area contributed by atoms with Gasteiger partial charge in [-0.1, -0.05) is 35.5 Å². The van der Waals surface area contributed by atoms with E-state index in [4.69, 9.17) is 10.9 Å². The van der Waals surface area contributed by atoms with E-state index in [1.807, 2.05) is 30.3 Å². The van der Waals surface area contributed by atoms with Crippen LogP contribution in [0.15, 0.2) is 53.8 Å². The first-order valence-electron chi connectivity index (χ1n) is 6.08. The number of nitrogens with zero attached hydrogens (tertiary/aromatic N) is 6. The van der Waals surface area contributed by atoms with Crippen molar-refractivity contribution < 1.29 is 5.21 Å². The van der Waals surface area contributed by atoms with E-state index in [0.717, 1.165) is 5.56 Å². The van der Waals surface area contributed by atoms with Crippen molar-refractivity contribution in [2.75, 3.05) is 0 Å². The minimum Gasteiger partial charge on any atom is -0.409 e. The second-order valence-electron chi connectivity index (χ2n) is 4.12. The molecule has 8 heteroatoms. The highest BCUT2D eigenvalue weighted by Crippen LogP contribution is 2.15. The zero-order valence-electron chi connectivity index (χ0n) is 10.8. The normalized spacial score (nSPS) is 11.5. The summed E-state index contributed by atoms with van der Waals surface area (Å²) in [5.74, 6) is 0.356. The third-order valence-electron chi connectivity index (χ3n) is 2.80. The van der Waals surface area contributed by atoms with Gasteiger partial charge in [-0.3, -0.25) is 4.98 Å². The largest absolute Gasteiger partial charge is 0.409 e. The van der Waals surface area contributed by atoms with Crippen molar-refractivity contribution in [1.82, 2.24) is 25.2 Å². The highest BCUT2D eigenvalue weighted by atomic mass is 16.4. The molecule has 3 aromatic rings. The maximum Gasteiger partial charge on any atom is 0.205 e. The van der Waals surface area contributed by atoms with Gasteiger partial charge in [0.05, 0.1) is 0 Å². The molecule has 0 aliphatic heterocycles. The average molecular weight is 281 g/mol. The maximum absolute atomic E-state index is 8.80. The molecule has 1 aromatic carbocycles. The molecule has 104 valence electrons. The fourth-order valence-corrected chi connectivity index (χ4v) is 1.82. The van der Waals surface area contributed by atoms with Crippen LogP contribution < -0.4 is 5.73 Å². The number of pyridine rings is 1. The van der Waals surface area contributed by atoms with Crippen LogP contribution in [0.3, 0.4) is 0 Å². The summed E-state index contributed by atoms with van der Waals surface area (Å²) in [5.41, 5.74) is 7.19. The molecule has 2 heterocycles.